The lowest BCUT2D eigenvalue weighted by Crippen LogP contribution is -2.35. The molecule has 3 aromatic rings. The Labute approximate surface area is 170 Å². The lowest BCUT2D eigenvalue weighted by atomic mass is 9.78. The summed E-state index contributed by atoms with van der Waals surface area (Å²) in [4.78, 5) is 0. The van der Waals surface area contributed by atoms with Crippen LogP contribution in [0.1, 0.15) is 43.1 Å². The molecule has 2 heterocycles. The van der Waals surface area contributed by atoms with Gasteiger partial charge in [0.25, 0.3) is 0 Å². The summed E-state index contributed by atoms with van der Waals surface area (Å²) in [7, 11) is 0. The van der Waals surface area contributed by atoms with Crippen molar-refractivity contribution in [3.8, 4) is 16.9 Å². The van der Waals surface area contributed by atoms with Crippen LogP contribution in [0.4, 0.5) is 5.69 Å². The van der Waals surface area contributed by atoms with Crippen LogP contribution in [0, 0.1) is 0 Å². The predicted molar refractivity (Wildman–Crippen MR) is 117 cm³/mol. The average Bonchev–Trinajstić information content (AvgIpc) is 2.66. The third-order valence-corrected chi connectivity index (χ3v) is 5.84. The monoisotopic (exact) mass is 387 g/mol. The van der Waals surface area contributed by atoms with Crippen molar-refractivity contribution in [1.29, 1.82) is 0 Å². The van der Waals surface area contributed by atoms with Gasteiger partial charge >= 0.3 is 0 Å². The first kappa shape index (κ1) is 17.4. The van der Waals surface area contributed by atoms with Crippen molar-refractivity contribution >= 4 is 22.9 Å². The highest BCUT2D eigenvalue weighted by molar-refractivity contribution is 6.30. The fourth-order valence-electron chi connectivity index (χ4n) is 4.49. The third kappa shape index (κ3) is 2.71. The molecule has 3 heteroatoms. The first-order valence-corrected chi connectivity index (χ1v) is 9.95. The Morgan fingerprint density at radius 1 is 1.00 bits per heavy atom. The van der Waals surface area contributed by atoms with Gasteiger partial charge in [-0.15, -0.1) is 0 Å². The zero-order valence-corrected chi connectivity index (χ0v) is 16.8. The molecular formula is C25H22ClNO. The smallest absolute Gasteiger partial charge is 0.150 e. The van der Waals surface area contributed by atoms with Gasteiger partial charge in [0.15, 0.2) is 6.10 Å². The lowest BCUT2D eigenvalue weighted by Gasteiger charge is -2.39. The van der Waals surface area contributed by atoms with Crippen molar-refractivity contribution in [3.63, 3.8) is 0 Å². The molecule has 0 bridgehead atoms. The first-order chi connectivity index (χ1) is 13.4. The van der Waals surface area contributed by atoms with Crippen molar-refractivity contribution in [1.82, 2.24) is 0 Å². The average molecular weight is 388 g/mol. The molecule has 2 aliphatic rings. The van der Waals surface area contributed by atoms with Crippen LogP contribution in [0.5, 0.6) is 5.75 Å². The molecule has 3 aromatic carbocycles. The van der Waals surface area contributed by atoms with Crippen LogP contribution >= 0.6 is 11.6 Å². The zero-order valence-electron chi connectivity index (χ0n) is 16.1. The standard InChI is InChI=1S/C25H22ClNO/c1-15-14-25(2,3)27-20-13-12-19-18-6-4-5-7-21(18)28-24(23(19)22(15)20)16-8-10-17(26)11-9-16/h4-13,24,27H,1,14H2,2-3H3/t24-/m0/s1. The molecule has 0 unspecified atom stereocenters. The largest absolute Gasteiger partial charge is 0.480 e. The number of fused-ring (bicyclic) bond motifs is 5. The Hall–Kier alpha value is -2.71. The number of nitrogens with one attached hydrogen (secondary N) is 1. The summed E-state index contributed by atoms with van der Waals surface area (Å²) in [5.74, 6) is 0.907. The van der Waals surface area contributed by atoms with E-state index < -0.39 is 0 Å². The molecule has 5 rings (SSSR count). The number of rotatable bonds is 1. The Bertz CT molecular complexity index is 1100. The molecule has 140 valence electrons. The van der Waals surface area contributed by atoms with E-state index in [0.717, 1.165) is 39.6 Å². The van der Waals surface area contributed by atoms with Crippen molar-refractivity contribution in [2.75, 3.05) is 5.32 Å². The number of hydrogen-bond donors (Lipinski definition) is 1. The van der Waals surface area contributed by atoms with Gasteiger partial charge in [-0.25, -0.2) is 0 Å². The van der Waals surface area contributed by atoms with E-state index in [1.165, 1.54) is 16.7 Å². The highest BCUT2D eigenvalue weighted by Gasteiger charge is 2.35. The second kappa shape index (κ2) is 6.15. The molecule has 1 atom stereocenters. The second-order valence-corrected chi connectivity index (χ2v) is 8.72. The van der Waals surface area contributed by atoms with Crippen molar-refractivity contribution in [2.45, 2.75) is 31.9 Å². The van der Waals surface area contributed by atoms with Crippen LogP contribution < -0.4 is 10.1 Å². The molecule has 0 saturated carbocycles. The summed E-state index contributed by atoms with van der Waals surface area (Å²) in [5, 5.41) is 4.41. The minimum absolute atomic E-state index is 0.0124. The molecule has 0 radical (unpaired) electrons. The minimum Gasteiger partial charge on any atom is -0.480 e. The third-order valence-electron chi connectivity index (χ3n) is 5.58. The molecule has 0 spiro atoms. The van der Waals surface area contributed by atoms with E-state index in [-0.39, 0.29) is 11.6 Å². The van der Waals surface area contributed by atoms with E-state index in [1.54, 1.807) is 0 Å². The fraction of sp³-hybridized carbons (Fsp3) is 0.200. The number of halogens is 1. The Morgan fingerprint density at radius 3 is 2.54 bits per heavy atom. The zero-order chi connectivity index (χ0) is 19.5. The number of benzene rings is 3. The van der Waals surface area contributed by atoms with E-state index in [1.807, 2.05) is 36.4 Å². The Balaban J connectivity index is 1.78. The van der Waals surface area contributed by atoms with Gasteiger partial charge in [-0.3, -0.25) is 0 Å². The highest BCUT2D eigenvalue weighted by Crippen LogP contribution is 2.51. The number of hydrogen-bond acceptors (Lipinski definition) is 2. The summed E-state index contributed by atoms with van der Waals surface area (Å²) < 4.78 is 6.54. The summed E-state index contributed by atoms with van der Waals surface area (Å²) in [6, 6.07) is 20.6. The number of ether oxygens (including phenoxy) is 1. The molecule has 0 amide bonds. The SMILES string of the molecule is C=C1CC(C)(C)Nc2ccc3c(c21)[C@H](c1ccc(Cl)cc1)Oc1ccccc1-3. The Morgan fingerprint density at radius 2 is 1.75 bits per heavy atom. The van der Waals surface area contributed by atoms with Crippen molar-refractivity contribution < 1.29 is 4.74 Å². The Kier molecular flexibility index (Phi) is 3.82. The van der Waals surface area contributed by atoms with Crippen molar-refractivity contribution in [3.05, 3.63) is 89.0 Å². The topological polar surface area (TPSA) is 21.3 Å². The fourth-order valence-corrected chi connectivity index (χ4v) is 4.62. The maximum atomic E-state index is 6.54. The van der Waals surface area contributed by atoms with Crippen molar-refractivity contribution in [2.24, 2.45) is 0 Å². The van der Waals surface area contributed by atoms with E-state index >= 15 is 0 Å². The molecule has 0 aromatic heterocycles. The van der Waals surface area contributed by atoms with E-state index in [9.17, 15) is 0 Å². The highest BCUT2D eigenvalue weighted by atomic mass is 35.5. The maximum absolute atomic E-state index is 6.54. The molecule has 2 nitrogen and oxygen atoms in total. The minimum atomic E-state index is -0.197. The molecule has 1 N–H and O–H groups in total. The van der Waals surface area contributed by atoms with Gasteiger partial charge in [-0.1, -0.05) is 54.6 Å². The molecule has 0 aliphatic carbocycles. The van der Waals surface area contributed by atoms with Crippen LogP contribution in [0.15, 0.2) is 67.2 Å². The second-order valence-electron chi connectivity index (χ2n) is 8.28. The predicted octanol–water partition coefficient (Wildman–Crippen LogP) is 7.10. The number of para-hydroxylation sites is 1. The van der Waals surface area contributed by atoms with Crippen LogP contribution in [0.2, 0.25) is 5.02 Å². The van der Waals surface area contributed by atoms with E-state index in [0.29, 0.717) is 0 Å². The maximum Gasteiger partial charge on any atom is 0.150 e. The van der Waals surface area contributed by atoms with Crippen LogP contribution in [-0.2, 0) is 0 Å². The molecule has 0 fully saturated rings. The summed E-state index contributed by atoms with van der Waals surface area (Å²) >= 11 is 6.14. The van der Waals surface area contributed by atoms with Gasteiger partial charge in [0.2, 0.25) is 0 Å². The van der Waals surface area contributed by atoms with Crippen LogP contribution in [0.3, 0.4) is 0 Å². The quantitative estimate of drug-likeness (QED) is 0.481. The van der Waals surface area contributed by atoms with E-state index in [4.69, 9.17) is 16.3 Å². The summed E-state index contributed by atoms with van der Waals surface area (Å²) in [6.07, 6.45) is 0.697. The van der Waals surface area contributed by atoms with Gasteiger partial charge in [0, 0.05) is 32.9 Å². The molecule has 2 aliphatic heterocycles. The van der Waals surface area contributed by atoms with Gasteiger partial charge < -0.3 is 10.1 Å². The number of anilines is 1. The molecule has 28 heavy (non-hydrogen) atoms. The van der Waals surface area contributed by atoms with Gasteiger partial charge in [-0.05, 0) is 61.2 Å². The van der Waals surface area contributed by atoms with Crippen LogP contribution in [-0.4, -0.2) is 5.54 Å². The lowest BCUT2D eigenvalue weighted by molar-refractivity contribution is 0.243. The van der Waals surface area contributed by atoms with Gasteiger partial charge in [0.1, 0.15) is 5.75 Å². The van der Waals surface area contributed by atoms with Gasteiger partial charge in [-0.2, -0.15) is 0 Å². The summed E-state index contributed by atoms with van der Waals surface area (Å²) in [5.41, 5.74) is 8.07. The molecule has 0 saturated heterocycles. The van der Waals surface area contributed by atoms with Gasteiger partial charge in [0.05, 0.1) is 0 Å². The molecular weight excluding hydrogens is 366 g/mol. The van der Waals surface area contributed by atoms with E-state index in [2.05, 4.69) is 50.0 Å². The van der Waals surface area contributed by atoms with Crippen LogP contribution in [0.25, 0.3) is 16.7 Å². The summed E-state index contributed by atoms with van der Waals surface area (Å²) in [6.45, 7) is 8.86. The first-order valence-electron chi connectivity index (χ1n) is 9.58. The normalized spacial score (nSPS) is 19.0.